The van der Waals surface area contributed by atoms with Crippen molar-refractivity contribution >= 4 is 5.69 Å². The summed E-state index contributed by atoms with van der Waals surface area (Å²) in [5, 5.41) is 3.96. The van der Waals surface area contributed by atoms with Crippen LogP contribution in [0.2, 0.25) is 0 Å². The van der Waals surface area contributed by atoms with Crippen molar-refractivity contribution in [1.29, 1.82) is 0 Å². The third-order valence-corrected chi connectivity index (χ3v) is 2.78. The number of nitrogen functional groups attached to an aromatic ring is 1. The molecule has 4 heteroatoms. The monoisotopic (exact) mass is 231 g/mol. The van der Waals surface area contributed by atoms with Crippen LogP contribution in [-0.4, -0.2) is 10.1 Å². The molecule has 0 bridgehead atoms. The molecule has 2 N–H and O–H groups in total. The largest absolute Gasteiger partial charge is 0.398 e. The van der Waals surface area contributed by atoms with Crippen molar-refractivity contribution in [2.75, 3.05) is 5.73 Å². The van der Waals surface area contributed by atoms with Gasteiger partial charge in [-0.3, -0.25) is 0 Å². The number of rotatable bonds is 4. The van der Waals surface area contributed by atoms with Gasteiger partial charge < -0.3 is 10.3 Å². The summed E-state index contributed by atoms with van der Waals surface area (Å²) < 4.78 is 5.24. The van der Waals surface area contributed by atoms with E-state index in [2.05, 4.69) is 17.1 Å². The smallest absolute Gasteiger partial charge is 0.260 e. The predicted molar refractivity (Wildman–Crippen MR) is 67.5 cm³/mol. The zero-order valence-corrected chi connectivity index (χ0v) is 10.2. The number of aromatic nitrogens is 2. The van der Waals surface area contributed by atoms with Gasteiger partial charge in [-0.05, 0) is 25.0 Å². The summed E-state index contributed by atoms with van der Waals surface area (Å²) in [4.78, 5) is 4.36. The first-order chi connectivity index (χ1) is 8.22. The summed E-state index contributed by atoms with van der Waals surface area (Å²) in [7, 11) is 0. The van der Waals surface area contributed by atoms with Crippen molar-refractivity contribution in [1.82, 2.24) is 10.1 Å². The van der Waals surface area contributed by atoms with Crippen LogP contribution in [0.15, 0.2) is 22.7 Å². The van der Waals surface area contributed by atoms with E-state index in [1.54, 1.807) is 0 Å². The van der Waals surface area contributed by atoms with Crippen LogP contribution in [0.4, 0.5) is 5.69 Å². The fourth-order valence-corrected chi connectivity index (χ4v) is 1.67. The van der Waals surface area contributed by atoms with Crippen molar-refractivity contribution in [3.8, 4) is 11.5 Å². The average molecular weight is 231 g/mol. The third-order valence-electron chi connectivity index (χ3n) is 2.78. The van der Waals surface area contributed by atoms with Gasteiger partial charge in [-0.25, -0.2) is 0 Å². The minimum atomic E-state index is 0.511. The van der Waals surface area contributed by atoms with E-state index in [-0.39, 0.29) is 0 Å². The maximum atomic E-state index is 6.00. The van der Waals surface area contributed by atoms with Gasteiger partial charge >= 0.3 is 0 Å². The van der Waals surface area contributed by atoms with Crippen LogP contribution in [-0.2, 0) is 6.42 Å². The van der Waals surface area contributed by atoms with Crippen LogP contribution in [0.3, 0.4) is 0 Å². The number of hydrogen-bond donors (Lipinski definition) is 1. The molecule has 2 rings (SSSR count). The first-order valence-corrected chi connectivity index (χ1v) is 5.90. The lowest BCUT2D eigenvalue weighted by Crippen LogP contribution is -1.93. The van der Waals surface area contributed by atoms with Gasteiger partial charge in [0.05, 0.1) is 5.56 Å². The Balaban J connectivity index is 2.27. The van der Waals surface area contributed by atoms with Crippen LogP contribution in [0.5, 0.6) is 0 Å². The number of para-hydroxylation sites is 1. The second kappa shape index (κ2) is 4.99. The van der Waals surface area contributed by atoms with E-state index < -0.39 is 0 Å². The number of nitrogens with zero attached hydrogens (tertiary/aromatic N) is 2. The van der Waals surface area contributed by atoms with Gasteiger partial charge in [0.15, 0.2) is 5.82 Å². The Kier molecular flexibility index (Phi) is 3.42. The summed E-state index contributed by atoms with van der Waals surface area (Å²) in [6, 6.07) is 5.81. The topological polar surface area (TPSA) is 64.9 Å². The quantitative estimate of drug-likeness (QED) is 0.821. The zero-order valence-electron chi connectivity index (χ0n) is 10.2. The van der Waals surface area contributed by atoms with Crippen molar-refractivity contribution in [3.05, 3.63) is 29.6 Å². The van der Waals surface area contributed by atoms with Crippen LogP contribution >= 0.6 is 0 Å². The van der Waals surface area contributed by atoms with E-state index in [0.717, 1.165) is 36.2 Å². The van der Waals surface area contributed by atoms with Crippen molar-refractivity contribution in [2.45, 2.75) is 33.1 Å². The van der Waals surface area contributed by atoms with Gasteiger partial charge in [0, 0.05) is 12.1 Å². The molecule has 17 heavy (non-hydrogen) atoms. The van der Waals surface area contributed by atoms with Gasteiger partial charge in [0.25, 0.3) is 5.89 Å². The fourth-order valence-electron chi connectivity index (χ4n) is 1.67. The Morgan fingerprint density at radius 1 is 1.35 bits per heavy atom. The Morgan fingerprint density at radius 3 is 2.94 bits per heavy atom. The summed E-state index contributed by atoms with van der Waals surface area (Å²) in [6.45, 7) is 4.10. The van der Waals surface area contributed by atoms with E-state index in [1.807, 2.05) is 25.1 Å². The number of nitrogens with two attached hydrogens (primary N) is 1. The van der Waals surface area contributed by atoms with Gasteiger partial charge in [-0.1, -0.05) is 30.6 Å². The Hall–Kier alpha value is -1.84. The Morgan fingerprint density at radius 2 is 2.18 bits per heavy atom. The molecule has 0 atom stereocenters. The molecule has 1 aromatic heterocycles. The van der Waals surface area contributed by atoms with Gasteiger partial charge in [0.2, 0.25) is 0 Å². The Labute approximate surface area is 101 Å². The predicted octanol–water partition coefficient (Wildman–Crippen LogP) is 2.97. The maximum Gasteiger partial charge on any atom is 0.260 e. The van der Waals surface area contributed by atoms with Crippen molar-refractivity contribution < 1.29 is 4.52 Å². The van der Waals surface area contributed by atoms with Crippen LogP contribution in [0.25, 0.3) is 11.5 Å². The van der Waals surface area contributed by atoms with Crippen molar-refractivity contribution in [3.63, 3.8) is 0 Å². The summed E-state index contributed by atoms with van der Waals surface area (Å²) in [5.41, 5.74) is 8.55. The lowest BCUT2D eigenvalue weighted by molar-refractivity contribution is 0.421. The molecule has 0 aliphatic carbocycles. The minimum Gasteiger partial charge on any atom is -0.398 e. The van der Waals surface area contributed by atoms with E-state index in [9.17, 15) is 0 Å². The highest BCUT2D eigenvalue weighted by Gasteiger charge is 2.12. The van der Waals surface area contributed by atoms with E-state index in [4.69, 9.17) is 10.3 Å². The molecule has 90 valence electrons. The highest BCUT2D eigenvalue weighted by Crippen LogP contribution is 2.26. The first-order valence-electron chi connectivity index (χ1n) is 5.90. The summed E-state index contributed by atoms with van der Waals surface area (Å²) in [5.74, 6) is 1.26. The maximum absolute atomic E-state index is 6.00. The van der Waals surface area contributed by atoms with Gasteiger partial charge in [-0.2, -0.15) is 4.98 Å². The van der Waals surface area contributed by atoms with E-state index in [1.165, 1.54) is 0 Å². The molecule has 0 spiro atoms. The van der Waals surface area contributed by atoms with E-state index >= 15 is 0 Å². The molecule has 1 aromatic carbocycles. The Bertz CT molecular complexity index is 505. The SMILES string of the molecule is CCCCc1noc(-c2cccc(C)c2N)n1. The zero-order chi connectivity index (χ0) is 12.3. The highest BCUT2D eigenvalue weighted by molar-refractivity contribution is 5.72. The van der Waals surface area contributed by atoms with Gasteiger partial charge in [0.1, 0.15) is 0 Å². The molecule has 1 heterocycles. The second-order valence-corrected chi connectivity index (χ2v) is 4.16. The van der Waals surface area contributed by atoms with Gasteiger partial charge in [-0.15, -0.1) is 0 Å². The second-order valence-electron chi connectivity index (χ2n) is 4.16. The normalized spacial score (nSPS) is 10.7. The molecule has 0 radical (unpaired) electrons. The van der Waals surface area contributed by atoms with Crippen molar-refractivity contribution in [2.24, 2.45) is 0 Å². The molecular weight excluding hydrogens is 214 g/mol. The summed E-state index contributed by atoms with van der Waals surface area (Å²) in [6.07, 6.45) is 3.05. The standard InChI is InChI=1S/C13H17N3O/c1-3-4-8-11-15-13(17-16-11)10-7-5-6-9(2)12(10)14/h5-7H,3-4,8,14H2,1-2H3. The molecule has 0 saturated carbocycles. The number of aryl methyl sites for hydroxylation is 2. The minimum absolute atomic E-state index is 0.511. The molecule has 2 aromatic rings. The van der Waals surface area contributed by atoms with Crippen LogP contribution < -0.4 is 5.73 Å². The highest BCUT2D eigenvalue weighted by atomic mass is 16.5. The third kappa shape index (κ3) is 2.46. The van der Waals surface area contributed by atoms with E-state index in [0.29, 0.717) is 11.6 Å². The van der Waals surface area contributed by atoms with Crippen LogP contribution in [0.1, 0.15) is 31.2 Å². The van der Waals surface area contributed by atoms with Crippen LogP contribution in [0, 0.1) is 6.92 Å². The molecule has 0 fully saturated rings. The lowest BCUT2D eigenvalue weighted by atomic mass is 10.1. The molecule has 0 aliphatic heterocycles. The first kappa shape index (κ1) is 11.6. The number of unbranched alkanes of at least 4 members (excludes halogenated alkanes) is 1. The fraction of sp³-hybridized carbons (Fsp3) is 0.385. The molecular formula is C13H17N3O. The number of anilines is 1. The molecule has 0 unspecified atom stereocenters. The number of benzene rings is 1. The molecule has 4 nitrogen and oxygen atoms in total. The average Bonchev–Trinajstić information content (AvgIpc) is 2.78. The summed E-state index contributed by atoms with van der Waals surface area (Å²) >= 11 is 0. The number of hydrogen-bond acceptors (Lipinski definition) is 4. The molecule has 0 amide bonds. The lowest BCUT2D eigenvalue weighted by Gasteiger charge is -2.02. The molecule has 0 saturated heterocycles. The molecule has 0 aliphatic rings.